The van der Waals surface area contributed by atoms with Crippen molar-refractivity contribution in [2.45, 2.75) is 27.3 Å². The van der Waals surface area contributed by atoms with Crippen LogP contribution in [0, 0.1) is 20.8 Å². The van der Waals surface area contributed by atoms with Crippen LogP contribution in [0.5, 0.6) is 0 Å². The molecule has 0 fully saturated rings. The summed E-state index contributed by atoms with van der Waals surface area (Å²) in [6.45, 7) is 6.89. The SMILES string of the molecule is Cc1ccc(Cn2cc(-c3cn(-c4ccccc4)nc3-c3sc(-c4ccc(C)cc4)nc3C)nn2)cc1. The lowest BCUT2D eigenvalue weighted by Gasteiger charge is -2.01. The van der Waals surface area contributed by atoms with Crippen LogP contribution in [0.2, 0.25) is 0 Å². The Morgan fingerprint density at radius 2 is 1.49 bits per heavy atom. The number of nitrogens with zero attached hydrogens (tertiary/aromatic N) is 6. The maximum absolute atomic E-state index is 5.02. The predicted octanol–water partition coefficient (Wildman–Crippen LogP) is 6.89. The zero-order chi connectivity index (χ0) is 25.4. The van der Waals surface area contributed by atoms with Gasteiger partial charge in [-0.1, -0.05) is 83.1 Å². The third kappa shape index (κ3) is 4.73. The largest absolute Gasteiger partial charge is 0.247 e. The monoisotopic (exact) mass is 502 g/mol. The van der Waals surface area contributed by atoms with Gasteiger partial charge in [0.1, 0.15) is 16.4 Å². The van der Waals surface area contributed by atoms with E-state index in [1.165, 1.54) is 16.7 Å². The summed E-state index contributed by atoms with van der Waals surface area (Å²) in [6.07, 6.45) is 4.03. The average molecular weight is 503 g/mol. The van der Waals surface area contributed by atoms with E-state index in [4.69, 9.17) is 10.1 Å². The fourth-order valence-corrected chi connectivity index (χ4v) is 5.33. The topological polar surface area (TPSA) is 61.4 Å². The first-order chi connectivity index (χ1) is 18.0. The van der Waals surface area contributed by atoms with Gasteiger partial charge in [-0.25, -0.2) is 14.3 Å². The highest BCUT2D eigenvalue weighted by molar-refractivity contribution is 7.18. The molecule has 6 aromatic rings. The molecule has 0 aliphatic rings. The molecular weight excluding hydrogens is 476 g/mol. The maximum Gasteiger partial charge on any atom is 0.124 e. The lowest BCUT2D eigenvalue weighted by atomic mass is 10.1. The van der Waals surface area contributed by atoms with Crippen LogP contribution >= 0.6 is 11.3 Å². The molecule has 6 nitrogen and oxygen atoms in total. The molecule has 37 heavy (non-hydrogen) atoms. The van der Waals surface area contributed by atoms with Crippen molar-refractivity contribution < 1.29 is 0 Å². The number of hydrogen-bond acceptors (Lipinski definition) is 5. The molecule has 0 radical (unpaired) electrons. The van der Waals surface area contributed by atoms with Crippen LogP contribution in [0.3, 0.4) is 0 Å². The molecule has 3 aromatic carbocycles. The number of hydrogen-bond donors (Lipinski definition) is 0. The highest BCUT2D eigenvalue weighted by atomic mass is 32.1. The van der Waals surface area contributed by atoms with Gasteiger partial charge in [0.05, 0.1) is 34.6 Å². The molecule has 0 aliphatic carbocycles. The van der Waals surface area contributed by atoms with Crippen LogP contribution in [0.15, 0.2) is 91.3 Å². The quantitative estimate of drug-likeness (QED) is 0.249. The van der Waals surface area contributed by atoms with Gasteiger partial charge in [0.25, 0.3) is 0 Å². The molecule has 0 bridgehead atoms. The third-order valence-electron chi connectivity index (χ3n) is 6.32. The number of aryl methyl sites for hydroxylation is 3. The van der Waals surface area contributed by atoms with Crippen molar-refractivity contribution in [3.8, 4) is 38.1 Å². The first kappa shape index (κ1) is 23.1. The highest BCUT2D eigenvalue weighted by Crippen LogP contribution is 2.39. The Labute approximate surface area is 219 Å². The number of para-hydroxylation sites is 1. The van der Waals surface area contributed by atoms with Crippen LogP contribution in [0.1, 0.15) is 22.4 Å². The first-order valence-corrected chi connectivity index (χ1v) is 13.0. The molecule has 0 saturated heterocycles. The molecule has 0 amide bonds. The Balaban J connectivity index is 1.42. The molecule has 0 aliphatic heterocycles. The minimum Gasteiger partial charge on any atom is -0.247 e. The van der Waals surface area contributed by atoms with Crippen LogP contribution in [-0.4, -0.2) is 29.8 Å². The minimum absolute atomic E-state index is 0.659. The molecule has 3 aromatic heterocycles. The molecule has 6 rings (SSSR count). The van der Waals surface area contributed by atoms with E-state index in [0.29, 0.717) is 6.54 Å². The third-order valence-corrected chi connectivity index (χ3v) is 7.54. The number of benzene rings is 3. The molecule has 3 heterocycles. The van der Waals surface area contributed by atoms with Gasteiger partial charge in [0.15, 0.2) is 0 Å². The Bertz CT molecular complexity index is 1660. The number of aromatic nitrogens is 6. The molecule has 0 unspecified atom stereocenters. The van der Waals surface area contributed by atoms with Crippen LogP contribution in [-0.2, 0) is 6.54 Å². The lowest BCUT2D eigenvalue weighted by Crippen LogP contribution is -2.00. The van der Waals surface area contributed by atoms with E-state index >= 15 is 0 Å². The van der Waals surface area contributed by atoms with E-state index in [-0.39, 0.29) is 0 Å². The van der Waals surface area contributed by atoms with Crippen molar-refractivity contribution in [1.29, 1.82) is 0 Å². The smallest absolute Gasteiger partial charge is 0.124 e. The van der Waals surface area contributed by atoms with Gasteiger partial charge < -0.3 is 0 Å². The van der Waals surface area contributed by atoms with E-state index in [1.807, 2.05) is 59.0 Å². The minimum atomic E-state index is 0.659. The number of thiazole rings is 1. The molecule has 0 atom stereocenters. The van der Waals surface area contributed by atoms with Gasteiger partial charge in [-0.15, -0.1) is 16.4 Å². The van der Waals surface area contributed by atoms with Gasteiger partial charge in [0, 0.05) is 11.8 Å². The molecule has 0 saturated carbocycles. The zero-order valence-corrected chi connectivity index (χ0v) is 21.8. The lowest BCUT2D eigenvalue weighted by molar-refractivity contribution is 0.649. The average Bonchev–Trinajstić information content (AvgIpc) is 3.65. The zero-order valence-electron chi connectivity index (χ0n) is 21.0. The van der Waals surface area contributed by atoms with Gasteiger partial charge in [-0.3, -0.25) is 0 Å². The Kier molecular flexibility index (Phi) is 5.98. The summed E-state index contributed by atoms with van der Waals surface area (Å²) in [5, 5.41) is 15.0. The van der Waals surface area contributed by atoms with E-state index in [0.717, 1.165) is 43.8 Å². The van der Waals surface area contributed by atoms with Crippen LogP contribution < -0.4 is 0 Å². The van der Waals surface area contributed by atoms with E-state index < -0.39 is 0 Å². The van der Waals surface area contributed by atoms with Crippen molar-refractivity contribution in [2.75, 3.05) is 0 Å². The van der Waals surface area contributed by atoms with E-state index in [1.54, 1.807) is 11.3 Å². The molecule has 182 valence electrons. The van der Waals surface area contributed by atoms with Crippen LogP contribution in [0.4, 0.5) is 0 Å². The standard InChI is InChI=1S/C30H26N6S/c1-20-9-13-23(14-10-20)17-35-19-27(32-34-35)26-18-36(25-7-5-4-6-8-25)33-28(26)29-22(3)31-30(37-29)24-15-11-21(2)12-16-24/h4-16,18-19H,17H2,1-3H3. The highest BCUT2D eigenvalue weighted by Gasteiger charge is 2.22. The van der Waals surface area contributed by atoms with E-state index in [9.17, 15) is 0 Å². The Morgan fingerprint density at radius 1 is 0.784 bits per heavy atom. The van der Waals surface area contributed by atoms with Crippen molar-refractivity contribution >= 4 is 11.3 Å². The fraction of sp³-hybridized carbons (Fsp3) is 0.133. The molecule has 0 spiro atoms. The second-order valence-corrected chi connectivity index (χ2v) is 10.3. The van der Waals surface area contributed by atoms with Crippen molar-refractivity contribution in [3.05, 3.63) is 114 Å². The fourth-order valence-electron chi connectivity index (χ4n) is 4.26. The molecular formula is C30H26N6S. The normalized spacial score (nSPS) is 11.2. The number of rotatable bonds is 6. The molecule has 0 N–H and O–H groups in total. The summed E-state index contributed by atoms with van der Waals surface area (Å²) in [6, 6.07) is 27.1. The first-order valence-electron chi connectivity index (χ1n) is 12.2. The summed E-state index contributed by atoms with van der Waals surface area (Å²) in [5.41, 5.74) is 9.28. The summed E-state index contributed by atoms with van der Waals surface area (Å²) < 4.78 is 3.79. The second-order valence-electron chi connectivity index (χ2n) is 9.26. The van der Waals surface area contributed by atoms with Gasteiger partial charge >= 0.3 is 0 Å². The molecule has 7 heteroatoms. The Morgan fingerprint density at radius 3 is 2.22 bits per heavy atom. The van der Waals surface area contributed by atoms with Crippen LogP contribution in [0.25, 0.3) is 38.1 Å². The van der Waals surface area contributed by atoms with Gasteiger partial charge in [0.2, 0.25) is 0 Å². The second kappa shape index (κ2) is 9.59. The van der Waals surface area contributed by atoms with Crippen molar-refractivity contribution in [2.24, 2.45) is 0 Å². The Hall–Kier alpha value is -4.36. The van der Waals surface area contributed by atoms with Crippen molar-refractivity contribution in [1.82, 2.24) is 29.8 Å². The van der Waals surface area contributed by atoms with Gasteiger partial charge in [-0.2, -0.15) is 5.10 Å². The summed E-state index contributed by atoms with van der Waals surface area (Å²) in [4.78, 5) is 5.94. The predicted molar refractivity (Wildman–Crippen MR) is 149 cm³/mol. The summed E-state index contributed by atoms with van der Waals surface area (Å²) in [5.74, 6) is 0. The van der Waals surface area contributed by atoms with Crippen molar-refractivity contribution in [3.63, 3.8) is 0 Å². The van der Waals surface area contributed by atoms with E-state index in [2.05, 4.69) is 72.7 Å². The van der Waals surface area contributed by atoms with Gasteiger partial charge in [-0.05, 0) is 38.5 Å². The maximum atomic E-state index is 5.02. The summed E-state index contributed by atoms with van der Waals surface area (Å²) in [7, 11) is 0. The summed E-state index contributed by atoms with van der Waals surface area (Å²) >= 11 is 1.66.